The fourth-order valence-electron chi connectivity index (χ4n) is 11.6. The molecule has 3 heterocycles. The molecule has 2 aromatic heterocycles. The van der Waals surface area contributed by atoms with Crippen LogP contribution in [0.5, 0.6) is 0 Å². The van der Waals surface area contributed by atoms with Gasteiger partial charge >= 0.3 is 0 Å². The number of rotatable bonds is 6. The molecular weight excluding hydrogens is 779 g/mol. The highest BCUT2D eigenvalue weighted by Crippen LogP contribution is 2.42. The number of fused-ring (bicyclic) bond motifs is 8. The van der Waals surface area contributed by atoms with E-state index < -0.39 is 6.17 Å². The van der Waals surface area contributed by atoms with Gasteiger partial charge in [-0.2, -0.15) is 0 Å². The predicted octanol–water partition coefficient (Wildman–Crippen LogP) is 11.8. The van der Waals surface area contributed by atoms with Gasteiger partial charge in [-0.15, -0.1) is 0 Å². The summed E-state index contributed by atoms with van der Waals surface area (Å²) in [6, 6.07) is 17.7. The first-order valence-corrected chi connectivity index (χ1v) is 23.6. The van der Waals surface area contributed by atoms with Gasteiger partial charge in [0.25, 0.3) is 0 Å². The summed E-state index contributed by atoms with van der Waals surface area (Å²) < 4.78 is 5.17. The summed E-state index contributed by atoms with van der Waals surface area (Å²) in [5, 5.41) is 9.06. The number of hydrogen-bond donors (Lipinski definition) is 1. The third kappa shape index (κ3) is 6.27. The lowest BCUT2D eigenvalue weighted by molar-refractivity contribution is 0.705. The number of nitrogens with one attached hydrogen (secondary N) is 1. The van der Waals surface area contributed by atoms with Crippen molar-refractivity contribution in [2.75, 3.05) is 0 Å². The van der Waals surface area contributed by atoms with Gasteiger partial charge in [-0.05, 0) is 123 Å². The monoisotopic (exact) mass is 829 g/mol. The molecule has 13 rings (SSSR count). The first kappa shape index (κ1) is 37.6. The van der Waals surface area contributed by atoms with Crippen LogP contribution in [-0.2, 0) is 6.42 Å². The van der Waals surface area contributed by atoms with E-state index in [0.717, 1.165) is 81.5 Å². The molecule has 3 atom stereocenters. The zero-order chi connectivity index (χ0) is 42.1. The summed E-state index contributed by atoms with van der Waals surface area (Å²) in [5.41, 5.74) is 17.1. The molecule has 4 aromatic rings. The minimum atomic E-state index is -0.402. The first-order chi connectivity index (χ1) is 31.7. The molecule has 0 fully saturated rings. The van der Waals surface area contributed by atoms with Crippen molar-refractivity contribution in [2.45, 2.75) is 70.4 Å². The molecule has 1 aliphatic heterocycles. The summed E-state index contributed by atoms with van der Waals surface area (Å²) in [6.07, 6.45) is 54.5. The van der Waals surface area contributed by atoms with Crippen molar-refractivity contribution in [1.29, 1.82) is 0 Å². The molecule has 0 saturated heterocycles. The van der Waals surface area contributed by atoms with E-state index in [0.29, 0.717) is 5.92 Å². The highest BCUT2D eigenvalue weighted by atomic mass is 15.2. The predicted molar refractivity (Wildman–Crippen MR) is 268 cm³/mol. The van der Waals surface area contributed by atoms with Crippen molar-refractivity contribution >= 4 is 63.1 Å². The Labute approximate surface area is 374 Å². The van der Waals surface area contributed by atoms with Gasteiger partial charge in [-0.1, -0.05) is 128 Å². The van der Waals surface area contributed by atoms with Crippen LogP contribution in [0.4, 0.5) is 0 Å². The summed E-state index contributed by atoms with van der Waals surface area (Å²) in [4.78, 5) is 11.2. The Balaban J connectivity index is 0.985. The van der Waals surface area contributed by atoms with Crippen molar-refractivity contribution in [1.82, 2.24) is 14.5 Å². The summed E-state index contributed by atoms with van der Waals surface area (Å²) in [6.45, 7) is 0. The van der Waals surface area contributed by atoms with Gasteiger partial charge in [-0.3, -0.25) is 0 Å². The summed E-state index contributed by atoms with van der Waals surface area (Å²) in [7, 11) is 0. The van der Waals surface area contributed by atoms with E-state index in [9.17, 15) is 0 Å². The fraction of sp³-hybridized carbons (Fsp3) is 0.220. The Bertz CT molecular complexity index is 3300. The highest BCUT2D eigenvalue weighted by Gasteiger charge is 2.34. The SMILES string of the molecule is C1=CCCC(C2=CC(C3=NC(C4=C(n5c6c(c7c5=CC5=CC=C(n8c9ccccc9c9ccccc98)CC5C=7)C=CCC6)CC5C=CC=CC5=C4)N=C(C4=CCCC=C4)N3)=CCC2)=C1. The first-order valence-electron chi connectivity index (χ1n) is 23.6. The number of allylic oxidation sites excluding steroid dienone is 19. The molecule has 0 spiro atoms. The molecule has 9 aliphatic rings. The molecule has 8 aliphatic carbocycles. The molecule has 64 heavy (non-hydrogen) atoms. The van der Waals surface area contributed by atoms with Crippen LogP contribution in [0.15, 0.2) is 195 Å². The summed E-state index contributed by atoms with van der Waals surface area (Å²) in [5.74, 6) is 2.41. The average molecular weight is 830 g/mol. The molecule has 5 heteroatoms. The molecule has 1 N–H and O–H groups in total. The van der Waals surface area contributed by atoms with Crippen LogP contribution in [0.25, 0.3) is 51.4 Å². The van der Waals surface area contributed by atoms with Gasteiger partial charge in [0.1, 0.15) is 11.7 Å². The maximum absolute atomic E-state index is 5.63. The van der Waals surface area contributed by atoms with Crippen molar-refractivity contribution in [3.05, 3.63) is 207 Å². The standard InChI is InChI=1S/C59H51N5/c1-3-16-38(17-4-1)40-22-15-23-44(32-40)58-60-57(39-18-5-2-6-19-39)61-59(62-58)51-34-41-20-7-8-21-42(41)36-56(51)64-54-29-14-11-26-49(54)50-35-45-33-46(31-30-43(45)37-55(50)64)63-52-27-12-9-24-47(52)48-25-10-13-28-53(48)63/h1,3,5,7-13,16,18-21,23-28,30-32,34-35,37,42,45,59H,2,4,6,14-15,17,22,29,33,36H2,(H,60,61,62). The van der Waals surface area contributed by atoms with Crippen LogP contribution in [-0.4, -0.2) is 27.0 Å². The second kappa shape index (κ2) is 15.4. The number of hydrogen-bond acceptors (Lipinski definition) is 3. The number of para-hydroxylation sites is 2. The van der Waals surface area contributed by atoms with E-state index in [-0.39, 0.29) is 5.92 Å². The summed E-state index contributed by atoms with van der Waals surface area (Å²) >= 11 is 0. The maximum atomic E-state index is 5.63. The number of aliphatic imine (C=N–C) groups is 2. The lowest BCUT2D eigenvalue weighted by Gasteiger charge is -2.32. The molecule has 0 saturated carbocycles. The van der Waals surface area contributed by atoms with Crippen LogP contribution >= 0.6 is 0 Å². The Hall–Kier alpha value is -6.98. The van der Waals surface area contributed by atoms with E-state index in [1.807, 2.05) is 0 Å². The lowest BCUT2D eigenvalue weighted by atomic mass is 9.82. The molecule has 0 bridgehead atoms. The van der Waals surface area contributed by atoms with Crippen LogP contribution < -0.4 is 15.9 Å². The minimum absolute atomic E-state index is 0.281. The molecule has 3 unspecified atom stereocenters. The van der Waals surface area contributed by atoms with Crippen molar-refractivity contribution in [2.24, 2.45) is 21.8 Å². The van der Waals surface area contributed by atoms with Crippen LogP contribution in [0.3, 0.4) is 0 Å². The molecular formula is C59H51N5. The smallest absolute Gasteiger partial charge is 0.171 e. The number of benzene rings is 2. The fourth-order valence-corrected chi connectivity index (χ4v) is 11.6. The zero-order valence-electron chi connectivity index (χ0n) is 36.2. The highest BCUT2D eigenvalue weighted by molar-refractivity contribution is 6.18. The number of amidine groups is 2. The molecule has 312 valence electrons. The Morgan fingerprint density at radius 1 is 0.594 bits per heavy atom. The van der Waals surface area contributed by atoms with Gasteiger partial charge < -0.3 is 14.5 Å². The van der Waals surface area contributed by atoms with E-state index >= 15 is 0 Å². The van der Waals surface area contributed by atoms with E-state index in [1.165, 1.54) is 88.5 Å². The van der Waals surface area contributed by atoms with Crippen LogP contribution in [0.2, 0.25) is 0 Å². The molecule has 2 aromatic carbocycles. The normalized spacial score (nSPS) is 24.3. The van der Waals surface area contributed by atoms with E-state index in [1.54, 1.807) is 0 Å². The van der Waals surface area contributed by atoms with Gasteiger partial charge in [-0.25, -0.2) is 9.98 Å². The topological polar surface area (TPSA) is 46.6 Å². The van der Waals surface area contributed by atoms with Crippen LogP contribution in [0.1, 0.15) is 69.0 Å². The van der Waals surface area contributed by atoms with E-state index in [2.05, 4.69) is 178 Å². The number of nitrogens with zero attached hydrogens (tertiary/aromatic N) is 4. The van der Waals surface area contributed by atoms with Gasteiger partial charge in [0.2, 0.25) is 0 Å². The third-order valence-electron chi connectivity index (χ3n) is 14.7. The lowest BCUT2D eigenvalue weighted by Crippen LogP contribution is -2.40. The van der Waals surface area contributed by atoms with Crippen molar-refractivity contribution < 1.29 is 0 Å². The maximum Gasteiger partial charge on any atom is 0.171 e. The molecule has 0 radical (unpaired) electrons. The Kier molecular flexibility index (Phi) is 9.02. The van der Waals surface area contributed by atoms with Crippen molar-refractivity contribution in [3.8, 4) is 0 Å². The average Bonchev–Trinajstić information content (AvgIpc) is 3.88. The van der Waals surface area contributed by atoms with E-state index in [4.69, 9.17) is 9.98 Å². The largest absolute Gasteiger partial charge is 0.324 e. The molecule has 0 amide bonds. The third-order valence-corrected chi connectivity index (χ3v) is 14.7. The second-order valence-electron chi connectivity index (χ2n) is 18.5. The quantitative estimate of drug-likeness (QED) is 0.207. The van der Waals surface area contributed by atoms with Gasteiger partial charge in [0.05, 0.1) is 16.4 Å². The number of aromatic nitrogens is 2. The van der Waals surface area contributed by atoms with Crippen LogP contribution in [0, 0.1) is 11.8 Å². The second-order valence-corrected chi connectivity index (χ2v) is 18.5. The molecule has 5 nitrogen and oxygen atoms in total. The Morgan fingerprint density at radius 2 is 1.39 bits per heavy atom. The minimum Gasteiger partial charge on any atom is -0.324 e. The zero-order valence-corrected chi connectivity index (χ0v) is 36.2. The van der Waals surface area contributed by atoms with Gasteiger partial charge in [0.15, 0.2) is 6.17 Å². The van der Waals surface area contributed by atoms with Crippen molar-refractivity contribution in [3.63, 3.8) is 0 Å². The Morgan fingerprint density at radius 3 is 2.22 bits per heavy atom. The van der Waals surface area contributed by atoms with Gasteiger partial charge in [0, 0.05) is 67.2 Å².